The number of amides is 2. The van der Waals surface area contributed by atoms with Crippen molar-refractivity contribution in [2.45, 2.75) is 39.3 Å². The van der Waals surface area contributed by atoms with Crippen molar-refractivity contribution in [3.8, 4) is 0 Å². The van der Waals surface area contributed by atoms with E-state index in [-0.39, 0.29) is 29.9 Å². The predicted octanol–water partition coefficient (Wildman–Crippen LogP) is 2.97. The lowest BCUT2D eigenvalue weighted by Gasteiger charge is -2.35. The molecular formula is C22H26FN5O2. The largest absolute Gasteiger partial charge is 0.389 e. The van der Waals surface area contributed by atoms with E-state index < -0.39 is 0 Å². The molecule has 2 aromatic rings. The fourth-order valence-corrected chi connectivity index (χ4v) is 4.04. The van der Waals surface area contributed by atoms with Gasteiger partial charge in [0.2, 0.25) is 5.95 Å². The lowest BCUT2D eigenvalue weighted by molar-refractivity contribution is 0.140. The maximum absolute atomic E-state index is 13.7. The first-order valence-corrected chi connectivity index (χ1v) is 10.1. The lowest BCUT2D eigenvalue weighted by atomic mass is 9.92. The highest BCUT2D eigenvalue weighted by Crippen LogP contribution is 2.36. The number of fused-ring (bicyclic) bond motifs is 1. The van der Waals surface area contributed by atoms with Gasteiger partial charge in [-0.1, -0.05) is 19.9 Å². The second-order valence-corrected chi connectivity index (χ2v) is 8.28. The number of rotatable bonds is 5. The average molecular weight is 411 g/mol. The van der Waals surface area contributed by atoms with Crippen LogP contribution in [-0.4, -0.2) is 46.3 Å². The van der Waals surface area contributed by atoms with Crippen molar-refractivity contribution in [1.29, 1.82) is 0 Å². The summed E-state index contributed by atoms with van der Waals surface area (Å²) in [5.74, 6) is 0.441. The van der Waals surface area contributed by atoms with Gasteiger partial charge in [0.05, 0.1) is 30.2 Å². The highest BCUT2D eigenvalue weighted by atomic mass is 19.1. The number of carbonyl (C=O) groups is 1. The van der Waals surface area contributed by atoms with Crippen LogP contribution in [0.3, 0.4) is 0 Å². The van der Waals surface area contributed by atoms with Crippen LogP contribution in [0.15, 0.2) is 36.2 Å². The molecule has 1 atom stereocenters. The minimum atomic E-state index is -0.341. The van der Waals surface area contributed by atoms with Gasteiger partial charge in [0, 0.05) is 13.1 Å². The van der Waals surface area contributed by atoms with Crippen LogP contribution in [0.1, 0.15) is 31.9 Å². The fraction of sp³-hybridized carbons (Fsp3) is 0.409. The molecule has 0 radical (unpaired) electrons. The van der Waals surface area contributed by atoms with Crippen LogP contribution in [0.25, 0.3) is 5.57 Å². The van der Waals surface area contributed by atoms with Crippen LogP contribution in [0.4, 0.5) is 20.8 Å². The zero-order chi connectivity index (χ0) is 21.4. The summed E-state index contributed by atoms with van der Waals surface area (Å²) in [4.78, 5) is 23.0. The third-order valence-electron chi connectivity index (χ3n) is 5.71. The van der Waals surface area contributed by atoms with Gasteiger partial charge < -0.3 is 20.6 Å². The van der Waals surface area contributed by atoms with Gasteiger partial charge in [-0.3, -0.25) is 0 Å². The van der Waals surface area contributed by atoms with E-state index >= 15 is 0 Å². The molecule has 0 saturated carbocycles. The molecule has 1 aromatic carbocycles. The Morgan fingerprint density at radius 1 is 1.27 bits per heavy atom. The molecule has 1 saturated heterocycles. The number of hydrogen-bond donors (Lipinski definition) is 3. The van der Waals surface area contributed by atoms with Crippen molar-refractivity contribution < 1.29 is 14.3 Å². The Morgan fingerprint density at radius 3 is 2.60 bits per heavy atom. The topological polar surface area (TPSA) is 90.4 Å². The van der Waals surface area contributed by atoms with E-state index in [4.69, 9.17) is 0 Å². The van der Waals surface area contributed by atoms with Crippen molar-refractivity contribution in [2.24, 2.45) is 5.92 Å². The molecule has 1 aromatic heterocycles. The summed E-state index contributed by atoms with van der Waals surface area (Å²) in [5, 5.41) is 15.2. The zero-order valence-electron chi connectivity index (χ0n) is 17.3. The van der Waals surface area contributed by atoms with Crippen LogP contribution in [0, 0.1) is 11.7 Å². The Balaban J connectivity index is 1.43. The molecule has 158 valence electrons. The number of carbonyl (C=O) groups excluding carboxylic acids is 1. The normalized spacial score (nSPS) is 17.1. The van der Waals surface area contributed by atoms with Gasteiger partial charge in [-0.25, -0.2) is 19.2 Å². The Kier molecular flexibility index (Phi) is 5.42. The van der Waals surface area contributed by atoms with Crippen LogP contribution in [-0.2, 0) is 6.42 Å². The molecular weight excluding hydrogens is 385 g/mol. The zero-order valence-corrected chi connectivity index (χ0v) is 17.3. The molecule has 0 unspecified atom stereocenters. The number of benzene rings is 1. The van der Waals surface area contributed by atoms with Gasteiger partial charge in [-0.15, -0.1) is 0 Å². The molecule has 0 bridgehead atoms. The number of halogens is 1. The third kappa shape index (κ3) is 4.00. The van der Waals surface area contributed by atoms with Crippen molar-refractivity contribution in [1.82, 2.24) is 15.3 Å². The minimum Gasteiger partial charge on any atom is -0.389 e. The standard InChI is InChI=1S/C22H26FN5O2/c1-12(2)20(19-6-14-4-5-15(23)7-18(14)13(19)3)27-22(30)26-16-8-24-21(25-9-16)28-10-17(29)11-28/h4-5,7-9,12,17,20,29H,6,10-11H2,1-3H3,(H2,26,27,30)/t20-/m0/s1. The molecule has 8 heteroatoms. The number of urea groups is 1. The molecule has 30 heavy (non-hydrogen) atoms. The number of β-amino-alcohol motifs (C(OH)–C–C–N with tert-alkyl or cyclic N) is 1. The first-order valence-electron chi connectivity index (χ1n) is 10.1. The smallest absolute Gasteiger partial charge is 0.319 e. The van der Waals surface area contributed by atoms with Crippen molar-refractivity contribution in [3.05, 3.63) is 53.1 Å². The van der Waals surface area contributed by atoms with E-state index in [1.54, 1.807) is 18.5 Å². The Bertz CT molecular complexity index is 984. The number of hydrogen-bond acceptors (Lipinski definition) is 5. The van der Waals surface area contributed by atoms with E-state index in [9.17, 15) is 14.3 Å². The molecule has 3 N–H and O–H groups in total. The number of aromatic nitrogens is 2. The Labute approximate surface area is 175 Å². The Morgan fingerprint density at radius 2 is 1.97 bits per heavy atom. The van der Waals surface area contributed by atoms with Crippen LogP contribution >= 0.6 is 0 Å². The molecule has 1 aliphatic heterocycles. The van der Waals surface area contributed by atoms with Gasteiger partial charge in [0.15, 0.2) is 0 Å². The van der Waals surface area contributed by atoms with Crippen LogP contribution in [0.2, 0.25) is 0 Å². The number of nitrogens with one attached hydrogen (secondary N) is 2. The second-order valence-electron chi connectivity index (χ2n) is 8.28. The monoisotopic (exact) mass is 411 g/mol. The van der Waals surface area contributed by atoms with Crippen molar-refractivity contribution in [2.75, 3.05) is 23.3 Å². The summed E-state index contributed by atoms with van der Waals surface area (Å²) in [7, 11) is 0. The van der Waals surface area contributed by atoms with Gasteiger partial charge in [-0.2, -0.15) is 0 Å². The molecule has 2 heterocycles. The minimum absolute atomic E-state index is 0.163. The van der Waals surface area contributed by atoms with E-state index in [0.29, 0.717) is 31.1 Å². The summed E-state index contributed by atoms with van der Waals surface area (Å²) in [6.07, 6.45) is 3.47. The average Bonchev–Trinajstić information content (AvgIpc) is 3.00. The number of nitrogens with zero attached hydrogens (tertiary/aromatic N) is 3. The SMILES string of the molecule is CC1=C([C@@H](NC(=O)Nc2cnc(N3CC(O)C3)nc2)C(C)C)Cc2ccc(F)cc21. The molecule has 7 nitrogen and oxygen atoms in total. The quantitative estimate of drug-likeness (QED) is 0.704. The van der Waals surface area contributed by atoms with Crippen molar-refractivity contribution in [3.63, 3.8) is 0 Å². The number of anilines is 2. The first-order chi connectivity index (χ1) is 14.3. The number of aliphatic hydroxyl groups excluding tert-OH is 1. The molecule has 2 amide bonds. The third-order valence-corrected chi connectivity index (χ3v) is 5.71. The van der Waals surface area contributed by atoms with Gasteiger partial charge >= 0.3 is 6.03 Å². The maximum Gasteiger partial charge on any atom is 0.319 e. The summed E-state index contributed by atoms with van der Waals surface area (Å²) < 4.78 is 13.7. The number of allylic oxidation sites excluding steroid dienone is 1. The second kappa shape index (κ2) is 8.02. The lowest BCUT2D eigenvalue weighted by Crippen LogP contribution is -2.51. The van der Waals surface area contributed by atoms with E-state index in [1.807, 2.05) is 31.7 Å². The molecule has 0 spiro atoms. The highest BCUT2D eigenvalue weighted by Gasteiger charge is 2.29. The summed E-state index contributed by atoms with van der Waals surface area (Å²) >= 11 is 0. The summed E-state index contributed by atoms with van der Waals surface area (Å²) in [6.45, 7) is 7.12. The molecule has 1 aliphatic carbocycles. The highest BCUT2D eigenvalue weighted by molar-refractivity contribution is 5.90. The summed E-state index contributed by atoms with van der Waals surface area (Å²) in [6, 6.07) is 4.33. The molecule has 2 aliphatic rings. The van der Waals surface area contributed by atoms with Gasteiger partial charge in [0.25, 0.3) is 0 Å². The van der Waals surface area contributed by atoms with E-state index in [0.717, 1.165) is 22.3 Å². The molecule has 1 fully saturated rings. The van der Waals surface area contributed by atoms with E-state index in [1.165, 1.54) is 6.07 Å². The maximum atomic E-state index is 13.7. The molecule has 4 rings (SSSR count). The van der Waals surface area contributed by atoms with Gasteiger partial charge in [-0.05, 0) is 53.7 Å². The fourth-order valence-electron chi connectivity index (χ4n) is 4.04. The first kappa shape index (κ1) is 20.3. The van der Waals surface area contributed by atoms with Crippen LogP contribution in [0.5, 0.6) is 0 Å². The Hall–Kier alpha value is -3.00. The van der Waals surface area contributed by atoms with Crippen molar-refractivity contribution >= 4 is 23.2 Å². The van der Waals surface area contributed by atoms with E-state index in [2.05, 4.69) is 20.6 Å². The van der Waals surface area contributed by atoms with Crippen LogP contribution < -0.4 is 15.5 Å². The predicted molar refractivity (Wildman–Crippen MR) is 114 cm³/mol. The summed E-state index contributed by atoms with van der Waals surface area (Å²) in [5.41, 5.74) is 4.61. The van der Waals surface area contributed by atoms with Gasteiger partial charge in [0.1, 0.15) is 5.82 Å². The number of aliphatic hydroxyl groups is 1.